The van der Waals surface area contributed by atoms with Crippen molar-refractivity contribution in [2.45, 2.75) is 45.4 Å². The van der Waals surface area contributed by atoms with Crippen LogP contribution in [0.4, 0.5) is 5.13 Å². The van der Waals surface area contributed by atoms with Gasteiger partial charge in [0.15, 0.2) is 5.13 Å². The summed E-state index contributed by atoms with van der Waals surface area (Å²) in [4.78, 5) is 29.5. The molecule has 10 nitrogen and oxygen atoms in total. The molecule has 2 amide bonds. The van der Waals surface area contributed by atoms with E-state index in [2.05, 4.69) is 15.6 Å². The van der Waals surface area contributed by atoms with Crippen molar-refractivity contribution in [2.75, 3.05) is 24.2 Å². The summed E-state index contributed by atoms with van der Waals surface area (Å²) in [7, 11) is -2.21. The molecule has 2 aromatic rings. The second-order valence-corrected chi connectivity index (χ2v) is 11.8. The standard InChI is InChI=1S/C23H34N4O6S2/c1-14(2)12-24-21(30)15(3)19(28)20(29)17(11-16-9-7-6-8-10-16)25-22(31)18-13-34-23(26-18)27(4)35(5,32)33/h6-10,13-15,17,19-20,28-29H,11-12H2,1-5H3,(H,24,30)(H,25,31)/t15-,17+,19-,20-/m1/s1. The van der Waals surface area contributed by atoms with Crippen LogP contribution in [0.25, 0.3) is 0 Å². The average Bonchev–Trinajstić information content (AvgIpc) is 3.30. The first-order valence-electron chi connectivity index (χ1n) is 11.2. The van der Waals surface area contributed by atoms with E-state index in [-0.39, 0.29) is 23.2 Å². The SMILES string of the molecule is CC(C)CNC(=O)[C@H](C)[C@@H](O)[C@H](O)[C@H](Cc1ccccc1)NC(=O)c1csc(N(C)S(C)(=O)=O)n1. The molecule has 0 spiro atoms. The highest BCUT2D eigenvalue weighted by molar-refractivity contribution is 7.92. The van der Waals surface area contributed by atoms with E-state index >= 15 is 0 Å². The maximum atomic E-state index is 12.9. The van der Waals surface area contributed by atoms with E-state index in [0.29, 0.717) is 6.54 Å². The van der Waals surface area contributed by atoms with Gasteiger partial charge in [0.1, 0.15) is 11.8 Å². The Hall–Kier alpha value is -2.54. The number of sulfonamides is 1. The quantitative estimate of drug-likeness (QED) is 0.322. The van der Waals surface area contributed by atoms with E-state index in [4.69, 9.17) is 0 Å². The lowest BCUT2D eigenvalue weighted by molar-refractivity contribution is -0.131. The van der Waals surface area contributed by atoms with Crippen LogP contribution in [0.5, 0.6) is 0 Å². The fraction of sp³-hybridized carbons (Fsp3) is 0.522. The number of benzene rings is 1. The highest BCUT2D eigenvalue weighted by Crippen LogP contribution is 2.22. The zero-order valence-corrected chi connectivity index (χ0v) is 22.1. The smallest absolute Gasteiger partial charge is 0.271 e. The minimum atomic E-state index is -3.55. The normalized spacial score (nSPS) is 15.2. The molecule has 1 heterocycles. The van der Waals surface area contributed by atoms with Crippen molar-refractivity contribution in [3.63, 3.8) is 0 Å². The lowest BCUT2D eigenvalue weighted by Crippen LogP contribution is -2.53. The number of carbonyl (C=O) groups is 2. The molecule has 0 radical (unpaired) electrons. The van der Waals surface area contributed by atoms with Gasteiger partial charge in [-0.3, -0.25) is 9.59 Å². The molecule has 0 unspecified atom stereocenters. The van der Waals surface area contributed by atoms with Crippen LogP contribution in [-0.4, -0.2) is 73.5 Å². The van der Waals surface area contributed by atoms with Crippen molar-refractivity contribution in [1.82, 2.24) is 15.6 Å². The monoisotopic (exact) mass is 526 g/mol. The Labute approximate surface area is 210 Å². The maximum Gasteiger partial charge on any atom is 0.271 e. The number of thiazole rings is 1. The van der Waals surface area contributed by atoms with Gasteiger partial charge in [-0.1, -0.05) is 51.1 Å². The van der Waals surface area contributed by atoms with Gasteiger partial charge in [0.2, 0.25) is 15.9 Å². The Balaban J connectivity index is 2.22. The lowest BCUT2D eigenvalue weighted by atomic mass is 9.90. The second-order valence-electron chi connectivity index (χ2n) is 8.92. The molecule has 0 bridgehead atoms. The predicted molar refractivity (Wildman–Crippen MR) is 136 cm³/mol. The van der Waals surface area contributed by atoms with Gasteiger partial charge < -0.3 is 20.8 Å². The van der Waals surface area contributed by atoms with Gasteiger partial charge in [0.05, 0.1) is 24.3 Å². The molecule has 12 heteroatoms. The largest absolute Gasteiger partial charge is 0.390 e. The van der Waals surface area contributed by atoms with Crippen LogP contribution in [0.15, 0.2) is 35.7 Å². The summed E-state index contributed by atoms with van der Waals surface area (Å²) in [6, 6.07) is 8.15. The number of aliphatic hydroxyl groups excluding tert-OH is 2. The number of aliphatic hydroxyl groups is 2. The van der Waals surface area contributed by atoms with Crippen LogP contribution in [-0.2, 0) is 21.2 Å². The first kappa shape index (κ1) is 28.7. The zero-order valence-electron chi connectivity index (χ0n) is 20.5. The third kappa shape index (κ3) is 8.27. The van der Waals surface area contributed by atoms with Crippen LogP contribution < -0.4 is 14.9 Å². The van der Waals surface area contributed by atoms with E-state index in [1.165, 1.54) is 19.4 Å². The summed E-state index contributed by atoms with van der Waals surface area (Å²) in [5, 5.41) is 28.7. The first-order valence-corrected chi connectivity index (χ1v) is 13.9. The van der Waals surface area contributed by atoms with Crippen LogP contribution in [0.2, 0.25) is 0 Å². The van der Waals surface area contributed by atoms with Crippen LogP contribution >= 0.6 is 11.3 Å². The Bertz CT molecular complexity index is 1090. The number of aromatic nitrogens is 1. The predicted octanol–water partition coefficient (Wildman–Crippen LogP) is 1.01. The summed E-state index contributed by atoms with van der Waals surface area (Å²) in [6.45, 7) is 5.83. The fourth-order valence-corrected chi connectivity index (χ4v) is 4.71. The summed E-state index contributed by atoms with van der Waals surface area (Å²) in [5.41, 5.74) is 0.778. The highest BCUT2D eigenvalue weighted by Gasteiger charge is 2.35. The molecule has 4 N–H and O–H groups in total. The molecule has 4 atom stereocenters. The number of anilines is 1. The number of nitrogens with zero attached hydrogens (tertiary/aromatic N) is 2. The Morgan fingerprint density at radius 1 is 1.11 bits per heavy atom. The maximum absolute atomic E-state index is 12.9. The number of rotatable bonds is 12. The van der Waals surface area contributed by atoms with Gasteiger partial charge in [0.25, 0.3) is 5.91 Å². The number of amides is 2. The Morgan fingerprint density at radius 2 is 1.74 bits per heavy atom. The summed E-state index contributed by atoms with van der Waals surface area (Å²) >= 11 is 0.985. The zero-order chi connectivity index (χ0) is 26.3. The van der Waals surface area contributed by atoms with Crippen molar-refractivity contribution >= 4 is 38.3 Å². The molecular formula is C23H34N4O6S2. The minimum Gasteiger partial charge on any atom is -0.390 e. The Kier molecular flexibility index (Phi) is 10.2. The van der Waals surface area contributed by atoms with Gasteiger partial charge in [-0.2, -0.15) is 0 Å². The lowest BCUT2D eigenvalue weighted by Gasteiger charge is -2.30. The molecule has 1 aromatic heterocycles. The van der Waals surface area contributed by atoms with E-state index in [1.807, 2.05) is 44.2 Å². The number of carbonyl (C=O) groups excluding carboxylic acids is 2. The number of hydrogen-bond donors (Lipinski definition) is 4. The van der Waals surface area contributed by atoms with Crippen molar-refractivity contribution in [3.05, 3.63) is 47.0 Å². The van der Waals surface area contributed by atoms with Gasteiger partial charge in [-0.05, 0) is 17.9 Å². The average molecular weight is 527 g/mol. The molecule has 35 heavy (non-hydrogen) atoms. The third-order valence-electron chi connectivity index (χ3n) is 5.48. The topological polar surface area (TPSA) is 149 Å². The van der Waals surface area contributed by atoms with E-state index < -0.39 is 46.0 Å². The molecule has 2 rings (SSSR count). The van der Waals surface area contributed by atoms with E-state index in [9.17, 15) is 28.2 Å². The number of hydrogen-bond acceptors (Lipinski definition) is 8. The molecule has 0 aliphatic carbocycles. The van der Waals surface area contributed by atoms with E-state index in [1.54, 1.807) is 0 Å². The fourth-order valence-electron chi connectivity index (χ4n) is 3.18. The van der Waals surface area contributed by atoms with E-state index in [0.717, 1.165) is 27.5 Å². The first-order chi connectivity index (χ1) is 16.3. The highest BCUT2D eigenvalue weighted by atomic mass is 32.2. The molecule has 0 aliphatic rings. The van der Waals surface area contributed by atoms with Crippen LogP contribution in [0, 0.1) is 11.8 Å². The van der Waals surface area contributed by atoms with Crippen LogP contribution in [0.1, 0.15) is 36.8 Å². The van der Waals surface area contributed by atoms with Crippen molar-refractivity contribution in [3.8, 4) is 0 Å². The van der Waals surface area contributed by atoms with Crippen LogP contribution in [0.3, 0.4) is 0 Å². The second kappa shape index (κ2) is 12.4. The van der Waals surface area contributed by atoms with Crippen molar-refractivity contribution in [2.24, 2.45) is 11.8 Å². The molecule has 194 valence electrons. The van der Waals surface area contributed by atoms with Gasteiger partial charge in [-0.25, -0.2) is 17.7 Å². The molecular weight excluding hydrogens is 492 g/mol. The summed E-state index contributed by atoms with van der Waals surface area (Å²) < 4.78 is 24.5. The van der Waals surface area contributed by atoms with Gasteiger partial charge >= 0.3 is 0 Å². The molecule has 0 fully saturated rings. The molecule has 1 aromatic carbocycles. The molecule has 0 saturated heterocycles. The summed E-state index contributed by atoms with van der Waals surface area (Å²) in [5.74, 6) is -1.74. The van der Waals surface area contributed by atoms with Gasteiger partial charge in [0, 0.05) is 19.0 Å². The summed E-state index contributed by atoms with van der Waals surface area (Å²) in [6.07, 6.45) is -1.69. The third-order valence-corrected chi connectivity index (χ3v) is 7.68. The Morgan fingerprint density at radius 3 is 2.31 bits per heavy atom. The molecule has 0 aliphatic heterocycles. The minimum absolute atomic E-state index is 0.0250. The van der Waals surface area contributed by atoms with Gasteiger partial charge in [-0.15, -0.1) is 11.3 Å². The number of nitrogens with one attached hydrogen (secondary N) is 2. The van der Waals surface area contributed by atoms with Crippen molar-refractivity contribution in [1.29, 1.82) is 0 Å². The molecule has 0 saturated carbocycles. The van der Waals surface area contributed by atoms with Crippen molar-refractivity contribution < 1.29 is 28.2 Å².